The molecule has 0 bridgehead atoms. The maximum atomic E-state index is 14.0. The summed E-state index contributed by atoms with van der Waals surface area (Å²) >= 11 is 5.93. The lowest BCUT2D eigenvalue weighted by Crippen LogP contribution is -2.57. The average Bonchev–Trinajstić information content (AvgIpc) is 2.74. The Hall–Kier alpha value is -3.00. The van der Waals surface area contributed by atoms with Gasteiger partial charge < -0.3 is 10.1 Å². The van der Waals surface area contributed by atoms with Gasteiger partial charge in [0.15, 0.2) is 24.2 Å². The van der Waals surface area contributed by atoms with Gasteiger partial charge in [-0.15, -0.1) is 11.6 Å². The molecule has 0 aliphatic carbocycles. The summed E-state index contributed by atoms with van der Waals surface area (Å²) < 4.78 is 46.2. The van der Waals surface area contributed by atoms with Crippen LogP contribution in [-0.4, -0.2) is 34.9 Å². The van der Waals surface area contributed by atoms with Crippen LogP contribution in [0.2, 0.25) is 0 Å². The summed E-state index contributed by atoms with van der Waals surface area (Å²) in [5, 5.41) is 2.20. The molecule has 0 saturated carbocycles. The zero-order valence-electron chi connectivity index (χ0n) is 16.1. The second kappa shape index (κ2) is 8.39. The topological polar surface area (TPSA) is 58.6 Å². The number of hydrogen-bond acceptors (Lipinski definition) is 3. The molecule has 1 aliphatic heterocycles. The zero-order valence-corrected chi connectivity index (χ0v) is 16.9. The molecule has 2 aromatic carbocycles. The first-order valence-corrected chi connectivity index (χ1v) is 9.46. The Kier molecular flexibility index (Phi) is 6.07. The molecule has 158 valence electrons. The summed E-state index contributed by atoms with van der Waals surface area (Å²) in [5.74, 6) is -5.71. The summed E-state index contributed by atoms with van der Waals surface area (Å²) in [4.78, 5) is 27.2. The number of carbonyl (C=O) groups is 2. The van der Waals surface area contributed by atoms with E-state index in [2.05, 4.69) is 5.32 Å². The van der Waals surface area contributed by atoms with Crippen molar-refractivity contribution in [2.75, 3.05) is 17.9 Å². The monoisotopic (exact) mass is 438 g/mol. The standard InChI is InChI=1S/C21H18ClF3N2O3/c1-21(2,20(29)26-14-9-8-13(23)17(24)18(14)25)27-11-30-15(10-22)16(19(27)28)12-6-4-3-5-7-12/h3-9H,10-11H2,1-2H3,(H,26,29). The zero-order chi connectivity index (χ0) is 22.1. The van der Waals surface area contributed by atoms with Crippen molar-refractivity contribution in [3.8, 4) is 0 Å². The van der Waals surface area contributed by atoms with Crippen LogP contribution in [0.5, 0.6) is 0 Å². The largest absolute Gasteiger partial charge is 0.475 e. The van der Waals surface area contributed by atoms with E-state index in [1.54, 1.807) is 30.3 Å². The van der Waals surface area contributed by atoms with Gasteiger partial charge in [-0.2, -0.15) is 0 Å². The number of anilines is 1. The average molecular weight is 439 g/mol. The molecule has 0 atom stereocenters. The smallest absolute Gasteiger partial charge is 0.261 e. The maximum Gasteiger partial charge on any atom is 0.261 e. The number of amides is 2. The van der Waals surface area contributed by atoms with Gasteiger partial charge >= 0.3 is 0 Å². The maximum absolute atomic E-state index is 14.0. The molecule has 3 rings (SSSR count). The number of benzene rings is 2. The first-order valence-electron chi connectivity index (χ1n) is 8.92. The molecule has 2 aromatic rings. The highest BCUT2D eigenvalue weighted by Gasteiger charge is 2.43. The highest BCUT2D eigenvalue weighted by atomic mass is 35.5. The van der Waals surface area contributed by atoms with E-state index in [1.807, 2.05) is 0 Å². The fourth-order valence-electron chi connectivity index (χ4n) is 2.96. The van der Waals surface area contributed by atoms with Crippen molar-refractivity contribution in [2.24, 2.45) is 0 Å². The van der Waals surface area contributed by atoms with Gasteiger partial charge in [0.25, 0.3) is 5.91 Å². The van der Waals surface area contributed by atoms with Crippen molar-refractivity contribution < 1.29 is 27.5 Å². The predicted molar refractivity (Wildman–Crippen MR) is 106 cm³/mol. The van der Waals surface area contributed by atoms with E-state index in [1.165, 1.54) is 13.8 Å². The van der Waals surface area contributed by atoms with Crippen LogP contribution >= 0.6 is 11.6 Å². The predicted octanol–water partition coefficient (Wildman–Crippen LogP) is 4.29. The Morgan fingerprint density at radius 3 is 2.43 bits per heavy atom. The molecule has 30 heavy (non-hydrogen) atoms. The number of rotatable bonds is 5. The summed E-state index contributed by atoms with van der Waals surface area (Å²) in [6.07, 6.45) is 0. The van der Waals surface area contributed by atoms with Gasteiger partial charge in [0, 0.05) is 0 Å². The number of hydrogen-bond donors (Lipinski definition) is 1. The van der Waals surface area contributed by atoms with Gasteiger partial charge in [0.05, 0.1) is 17.1 Å². The van der Waals surface area contributed by atoms with E-state index in [4.69, 9.17) is 16.3 Å². The fraction of sp³-hybridized carbons (Fsp3) is 0.238. The Bertz CT molecular complexity index is 1030. The summed E-state index contributed by atoms with van der Waals surface area (Å²) in [6.45, 7) is 2.59. The lowest BCUT2D eigenvalue weighted by atomic mass is 9.96. The molecule has 0 aromatic heterocycles. The van der Waals surface area contributed by atoms with Gasteiger partial charge in [0.2, 0.25) is 5.91 Å². The second-order valence-corrected chi connectivity index (χ2v) is 7.31. The van der Waals surface area contributed by atoms with Crippen LogP contribution in [0.15, 0.2) is 48.2 Å². The minimum atomic E-state index is -1.70. The van der Waals surface area contributed by atoms with Gasteiger partial charge in [-0.3, -0.25) is 14.5 Å². The molecule has 1 heterocycles. The van der Waals surface area contributed by atoms with Crippen molar-refractivity contribution in [2.45, 2.75) is 19.4 Å². The molecule has 1 aliphatic rings. The van der Waals surface area contributed by atoms with E-state index >= 15 is 0 Å². The number of allylic oxidation sites excluding steroid dienone is 1. The molecular weight excluding hydrogens is 421 g/mol. The third kappa shape index (κ3) is 3.87. The minimum Gasteiger partial charge on any atom is -0.475 e. The third-order valence-electron chi connectivity index (χ3n) is 4.80. The quantitative estimate of drug-likeness (QED) is 0.559. The fourth-order valence-corrected chi connectivity index (χ4v) is 3.17. The van der Waals surface area contributed by atoms with Gasteiger partial charge in [-0.05, 0) is 31.5 Å². The molecule has 0 spiro atoms. The first kappa shape index (κ1) is 21.7. The van der Waals surface area contributed by atoms with Crippen molar-refractivity contribution >= 4 is 34.7 Å². The molecular formula is C21H18ClF3N2O3. The van der Waals surface area contributed by atoms with Crippen molar-refractivity contribution in [1.82, 2.24) is 4.90 Å². The van der Waals surface area contributed by atoms with Crippen LogP contribution in [0.1, 0.15) is 19.4 Å². The van der Waals surface area contributed by atoms with Crippen molar-refractivity contribution in [1.29, 1.82) is 0 Å². The highest BCUT2D eigenvalue weighted by Crippen LogP contribution is 2.32. The van der Waals surface area contributed by atoms with E-state index in [9.17, 15) is 22.8 Å². The summed E-state index contributed by atoms with van der Waals surface area (Å²) in [6, 6.07) is 10.3. The second-order valence-electron chi connectivity index (χ2n) is 7.04. The number of nitrogens with zero attached hydrogens (tertiary/aromatic N) is 1. The first-order chi connectivity index (χ1) is 14.2. The van der Waals surface area contributed by atoms with E-state index in [0.717, 1.165) is 11.0 Å². The lowest BCUT2D eigenvalue weighted by molar-refractivity contribution is -0.147. The van der Waals surface area contributed by atoms with Crippen LogP contribution in [0.25, 0.3) is 5.57 Å². The van der Waals surface area contributed by atoms with Crippen molar-refractivity contribution in [3.05, 3.63) is 71.2 Å². The number of nitrogens with one attached hydrogen (secondary N) is 1. The number of ether oxygens (including phenoxy) is 1. The summed E-state index contributed by atoms with van der Waals surface area (Å²) in [5.41, 5.74) is -1.30. The molecule has 9 heteroatoms. The Labute approximate surface area is 176 Å². The van der Waals surface area contributed by atoms with Crippen LogP contribution in [0.4, 0.5) is 18.9 Å². The number of halogens is 4. The summed E-state index contributed by atoms with van der Waals surface area (Å²) in [7, 11) is 0. The van der Waals surface area contributed by atoms with E-state index in [-0.39, 0.29) is 23.9 Å². The molecule has 0 unspecified atom stereocenters. The highest BCUT2D eigenvalue weighted by molar-refractivity contribution is 6.25. The molecule has 2 amide bonds. The molecule has 1 N–H and O–H groups in total. The van der Waals surface area contributed by atoms with Gasteiger partial charge in [-0.1, -0.05) is 30.3 Å². The Morgan fingerprint density at radius 2 is 1.80 bits per heavy atom. The van der Waals surface area contributed by atoms with Crippen LogP contribution < -0.4 is 5.32 Å². The number of carbonyl (C=O) groups excluding carboxylic acids is 2. The normalized spacial score (nSPS) is 14.6. The van der Waals surface area contributed by atoms with Gasteiger partial charge in [-0.25, -0.2) is 13.2 Å². The Morgan fingerprint density at radius 1 is 1.13 bits per heavy atom. The molecule has 0 radical (unpaired) electrons. The van der Waals surface area contributed by atoms with Crippen LogP contribution in [0.3, 0.4) is 0 Å². The van der Waals surface area contributed by atoms with E-state index in [0.29, 0.717) is 11.6 Å². The van der Waals surface area contributed by atoms with Crippen molar-refractivity contribution in [3.63, 3.8) is 0 Å². The van der Waals surface area contributed by atoms with Crippen LogP contribution in [0, 0.1) is 17.5 Å². The number of alkyl halides is 1. The Balaban J connectivity index is 1.91. The van der Waals surface area contributed by atoms with Gasteiger partial charge in [0.1, 0.15) is 11.3 Å². The lowest BCUT2D eigenvalue weighted by Gasteiger charge is -2.40. The molecule has 0 saturated heterocycles. The third-order valence-corrected chi connectivity index (χ3v) is 5.05. The van der Waals surface area contributed by atoms with Crippen LogP contribution in [-0.2, 0) is 14.3 Å². The SMILES string of the molecule is CC(C)(C(=O)Nc1ccc(F)c(F)c1F)N1COC(CCl)=C(c2ccccc2)C1=O. The molecule has 0 fully saturated rings. The molecule has 5 nitrogen and oxygen atoms in total. The minimum absolute atomic E-state index is 0.0451. The van der Waals surface area contributed by atoms with E-state index < -0.39 is 40.5 Å².